The molecular weight excluding hydrogens is 336 g/mol. The molecule has 5 nitrogen and oxygen atoms in total. The van der Waals surface area contributed by atoms with Gasteiger partial charge >= 0.3 is 0 Å². The molecule has 0 spiro atoms. The van der Waals surface area contributed by atoms with Crippen LogP contribution in [0.2, 0.25) is 5.02 Å². The molecule has 3 aromatic rings. The van der Waals surface area contributed by atoms with Crippen LogP contribution in [0.25, 0.3) is 11.3 Å². The minimum Gasteiger partial charge on any atom is -0.356 e. The first-order chi connectivity index (χ1) is 12.1. The number of hydrogen-bond donors (Lipinski definition) is 1. The summed E-state index contributed by atoms with van der Waals surface area (Å²) in [6.07, 6.45) is 4.11. The van der Waals surface area contributed by atoms with Crippen LogP contribution < -0.4 is 0 Å². The minimum atomic E-state index is 0.293. The lowest BCUT2D eigenvalue weighted by molar-refractivity contribution is 0.244. The number of nitrogens with zero attached hydrogens (tertiary/aromatic N) is 3. The zero-order chi connectivity index (χ0) is 17.4. The van der Waals surface area contributed by atoms with Crippen molar-refractivity contribution in [1.82, 2.24) is 20.3 Å². The molecule has 1 aromatic carbocycles. The number of halogens is 1. The van der Waals surface area contributed by atoms with E-state index in [4.69, 9.17) is 16.1 Å². The molecule has 1 N–H and O–H groups in total. The van der Waals surface area contributed by atoms with E-state index in [1.165, 1.54) is 5.56 Å². The Morgan fingerprint density at radius 3 is 3.00 bits per heavy atom. The summed E-state index contributed by atoms with van der Waals surface area (Å²) in [6, 6.07) is 8.37. The number of H-pyrrole nitrogens is 1. The summed E-state index contributed by atoms with van der Waals surface area (Å²) in [5, 5.41) is 12.4. The van der Waals surface area contributed by atoms with Crippen LogP contribution in [0.5, 0.6) is 0 Å². The van der Waals surface area contributed by atoms with Crippen molar-refractivity contribution in [1.29, 1.82) is 0 Å². The van der Waals surface area contributed by atoms with Gasteiger partial charge in [-0.1, -0.05) is 28.9 Å². The summed E-state index contributed by atoms with van der Waals surface area (Å²) in [4.78, 5) is 2.47. The van der Waals surface area contributed by atoms with Crippen LogP contribution in [0.1, 0.15) is 41.4 Å². The van der Waals surface area contributed by atoms with Crippen LogP contribution in [0.3, 0.4) is 0 Å². The quantitative estimate of drug-likeness (QED) is 0.737. The predicted molar refractivity (Wildman–Crippen MR) is 97.4 cm³/mol. The summed E-state index contributed by atoms with van der Waals surface area (Å²) in [6.45, 7) is 5.93. The number of aromatic amines is 1. The Hall–Kier alpha value is -2.11. The van der Waals surface area contributed by atoms with E-state index in [-0.39, 0.29) is 0 Å². The molecule has 0 unspecified atom stereocenters. The highest BCUT2D eigenvalue weighted by Gasteiger charge is 2.31. The molecule has 0 bridgehead atoms. The van der Waals surface area contributed by atoms with Gasteiger partial charge in [0.15, 0.2) is 5.76 Å². The van der Waals surface area contributed by atoms with E-state index in [1.54, 1.807) is 0 Å². The fourth-order valence-electron chi connectivity index (χ4n) is 3.61. The van der Waals surface area contributed by atoms with E-state index < -0.39 is 0 Å². The topological polar surface area (TPSA) is 58.0 Å². The Balaban J connectivity index is 1.63. The second-order valence-corrected chi connectivity index (χ2v) is 7.11. The summed E-state index contributed by atoms with van der Waals surface area (Å²) in [7, 11) is 0. The van der Waals surface area contributed by atoms with Gasteiger partial charge in [0.25, 0.3) is 0 Å². The summed E-state index contributed by atoms with van der Waals surface area (Å²) >= 11 is 6.14. The van der Waals surface area contributed by atoms with Gasteiger partial charge in [-0.3, -0.25) is 10.00 Å². The van der Waals surface area contributed by atoms with E-state index in [2.05, 4.69) is 26.3 Å². The van der Waals surface area contributed by atoms with E-state index >= 15 is 0 Å². The van der Waals surface area contributed by atoms with Gasteiger partial charge in [-0.05, 0) is 50.9 Å². The summed E-state index contributed by atoms with van der Waals surface area (Å²) < 4.78 is 5.56. The maximum Gasteiger partial charge on any atom is 0.173 e. The first kappa shape index (κ1) is 16.4. The molecule has 1 atom stereocenters. The third-order valence-corrected chi connectivity index (χ3v) is 5.28. The first-order valence-electron chi connectivity index (χ1n) is 8.58. The van der Waals surface area contributed by atoms with E-state index in [9.17, 15) is 0 Å². The normalized spacial score (nSPS) is 18.1. The zero-order valence-corrected chi connectivity index (χ0v) is 15.2. The largest absolute Gasteiger partial charge is 0.356 e. The fourth-order valence-corrected chi connectivity index (χ4v) is 3.82. The smallest absolute Gasteiger partial charge is 0.173 e. The predicted octanol–water partition coefficient (Wildman–Crippen LogP) is 4.67. The maximum absolute atomic E-state index is 6.14. The highest BCUT2D eigenvalue weighted by atomic mass is 35.5. The molecule has 2 aromatic heterocycles. The Morgan fingerprint density at radius 2 is 2.24 bits per heavy atom. The van der Waals surface area contributed by atoms with Crippen LogP contribution in [-0.2, 0) is 6.54 Å². The molecule has 0 radical (unpaired) electrons. The number of hydrogen-bond acceptors (Lipinski definition) is 4. The second-order valence-electron chi connectivity index (χ2n) is 6.68. The fraction of sp³-hybridized carbons (Fsp3) is 0.368. The third kappa shape index (κ3) is 3.10. The minimum absolute atomic E-state index is 0.293. The van der Waals surface area contributed by atoms with Crippen molar-refractivity contribution < 1.29 is 4.52 Å². The molecule has 25 heavy (non-hydrogen) atoms. The van der Waals surface area contributed by atoms with Gasteiger partial charge in [0.1, 0.15) is 0 Å². The Bertz CT molecular complexity index is 885. The zero-order valence-electron chi connectivity index (χ0n) is 14.4. The molecule has 130 valence electrons. The SMILES string of the molecule is Cc1noc(-c2cn[nH]c2[C@@H]2CCCN2Cc2cccc(Cl)c2)c1C. The molecule has 0 saturated carbocycles. The van der Waals surface area contributed by atoms with Gasteiger partial charge < -0.3 is 4.52 Å². The van der Waals surface area contributed by atoms with E-state index in [1.807, 2.05) is 38.2 Å². The average molecular weight is 357 g/mol. The van der Waals surface area contributed by atoms with Crippen molar-refractivity contribution in [2.24, 2.45) is 0 Å². The Kier molecular flexibility index (Phi) is 4.36. The molecular formula is C19H21ClN4O. The van der Waals surface area contributed by atoms with Gasteiger partial charge in [0.05, 0.1) is 29.2 Å². The number of rotatable bonds is 4. The molecule has 0 aliphatic carbocycles. The van der Waals surface area contributed by atoms with Gasteiger partial charge in [-0.15, -0.1) is 0 Å². The number of nitrogens with one attached hydrogen (secondary N) is 1. The molecule has 1 fully saturated rings. The number of benzene rings is 1. The molecule has 1 saturated heterocycles. The molecule has 1 aliphatic heterocycles. The van der Waals surface area contributed by atoms with Crippen LogP contribution >= 0.6 is 11.6 Å². The van der Waals surface area contributed by atoms with Gasteiger partial charge in [0, 0.05) is 17.1 Å². The first-order valence-corrected chi connectivity index (χ1v) is 8.96. The van der Waals surface area contributed by atoms with Gasteiger partial charge in [0.2, 0.25) is 0 Å². The molecule has 6 heteroatoms. The van der Waals surface area contributed by atoms with Crippen molar-refractivity contribution in [3.8, 4) is 11.3 Å². The van der Waals surface area contributed by atoms with Crippen LogP contribution in [0, 0.1) is 13.8 Å². The maximum atomic E-state index is 6.14. The molecule has 0 amide bonds. The number of aromatic nitrogens is 3. The lowest BCUT2D eigenvalue weighted by Gasteiger charge is -2.24. The van der Waals surface area contributed by atoms with E-state index in [0.717, 1.165) is 59.2 Å². The Labute approximate surface area is 152 Å². The number of aryl methyl sites for hydroxylation is 1. The van der Waals surface area contributed by atoms with Gasteiger partial charge in [-0.25, -0.2) is 0 Å². The standard InChI is InChI=1S/C19H21ClN4O/c1-12-13(2)23-25-19(12)16-10-21-22-18(16)17-7-4-8-24(17)11-14-5-3-6-15(20)9-14/h3,5-6,9-10,17H,4,7-8,11H2,1-2H3,(H,21,22)/t17-/m0/s1. The number of likely N-dealkylation sites (tertiary alicyclic amines) is 1. The van der Waals surface area contributed by atoms with Crippen molar-refractivity contribution in [3.05, 3.63) is 58.0 Å². The van der Waals surface area contributed by atoms with Crippen molar-refractivity contribution in [3.63, 3.8) is 0 Å². The highest BCUT2D eigenvalue weighted by Crippen LogP contribution is 2.38. The van der Waals surface area contributed by atoms with E-state index in [0.29, 0.717) is 6.04 Å². The lowest BCUT2D eigenvalue weighted by atomic mass is 10.0. The average Bonchev–Trinajstić information content (AvgIpc) is 3.29. The van der Waals surface area contributed by atoms with Crippen molar-refractivity contribution in [2.45, 2.75) is 39.3 Å². The van der Waals surface area contributed by atoms with Crippen molar-refractivity contribution >= 4 is 11.6 Å². The second kappa shape index (κ2) is 6.65. The Morgan fingerprint density at radius 1 is 1.36 bits per heavy atom. The highest BCUT2D eigenvalue weighted by molar-refractivity contribution is 6.30. The molecule has 1 aliphatic rings. The molecule has 4 rings (SSSR count). The third-order valence-electron chi connectivity index (χ3n) is 5.04. The summed E-state index contributed by atoms with van der Waals surface area (Å²) in [5.74, 6) is 0.816. The van der Waals surface area contributed by atoms with Crippen molar-refractivity contribution in [2.75, 3.05) is 6.54 Å². The van der Waals surface area contributed by atoms with Crippen LogP contribution in [-0.4, -0.2) is 26.8 Å². The lowest BCUT2D eigenvalue weighted by Crippen LogP contribution is -2.23. The monoisotopic (exact) mass is 356 g/mol. The molecule has 3 heterocycles. The van der Waals surface area contributed by atoms with Crippen LogP contribution in [0.15, 0.2) is 35.0 Å². The summed E-state index contributed by atoms with van der Waals surface area (Å²) in [5.41, 5.74) is 5.35. The van der Waals surface area contributed by atoms with Crippen LogP contribution in [0.4, 0.5) is 0 Å². The van der Waals surface area contributed by atoms with Gasteiger partial charge in [-0.2, -0.15) is 5.10 Å².